The summed E-state index contributed by atoms with van der Waals surface area (Å²) in [5, 5.41) is 9.80. The van der Waals surface area contributed by atoms with E-state index in [1.54, 1.807) is 0 Å². The molecule has 8 heavy (non-hydrogen) atoms. The summed E-state index contributed by atoms with van der Waals surface area (Å²) < 4.78 is 11.3. The quantitative estimate of drug-likeness (QED) is 0.493. The van der Waals surface area contributed by atoms with Crippen LogP contribution in [0.15, 0.2) is 0 Å². The van der Waals surface area contributed by atoms with Crippen LogP contribution in [0.25, 0.3) is 0 Å². The molecule has 2 heteroatoms. The Labute approximate surface area is 49.5 Å². The third-order valence-electron chi connectivity index (χ3n) is 1.03. The molecule has 0 aliphatic heterocycles. The highest BCUT2D eigenvalue weighted by Gasteiger charge is 1.86. The van der Waals surface area contributed by atoms with E-state index in [9.17, 15) is 9.50 Å². The Morgan fingerprint density at radius 3 is 2.12 bits per heavy atom. The molecule has 0 atom stereocenters. The number of alkyl halides is 1. The van der Waals surface area contributed by atoms with Crippen molar-refractivity contribution in [3.05, 3.63) is 0 Å². The van der Waals surface area contributed by atoms with Crippen LogP contribution in [-0.2, 0) is 5.11 Å². The zero-order valence-electron chi connectivity index (χ0n) is 5.03. The molecule has 0 aliphatic carbocycles. The molecule has 49 valence electrons. The molecule has 0 heterocycles. The van der Waals surface area contributed by atoms with Crippen LogP contribution in [0.3, 0.4) is 0 Å². The average Bonchev–Trinajstić information content (AvgIpc) is 1.81. The summed E-state index contributed by atoms with van der Waals surface area (Å²) in [7, 11) is 0. The lowest BCUT2D eigenvalue weighted by Crippen LogP contribution is -1.82. The second-order valence-electron chi connectivity index (χ2n) is 1.81. The first kappa shape index (κ1) is 7.89. The molecule has 0 N–H and O–H groups in total. The van der Waals surface area contributed by atoms with Gasteiger partial charge < -0.3 is 0 Å². The Kier molecular flexibility index (Phi) is 6.80. The van der Waals surface area contributed by atoms with Crippen molar-refractivity contribution in [2.45, 2.75) is 25.7 Å². The Hall–Kier alpha value is -0.110. The first-order valence-electron chi connectivity index (χ1n) is 3.06. The second-order valence-corrected chi connectivity index (χ2v) is 1.81. The van der Waals surface area contributed by atoms with E-state index in [4.69, 9.17) is 0 Å². The molecule has 0 bridgehead atoms. The SMILES string of the molecule is [O]CCCCCCF. The lowest BCUT2D eigenvalue weighted by atomic mass is 10.2. The summed E-state index contributed by atoms with van der Waals surface area (Å²) >= 11 is 0. The third-order valence-corrected chi connectivity index (χ3v) is 1.03. The molecule has 0 rings (SSSR count). The zero-order chi connectivity index (χ0) is 6.24. The van der Waals surface area contributed by atoms with Gasteiger partial charge in [-0.25, -0.2) is 5.11 Å². The van der Waals surface area contributed by atoms with Crippen molar-refractivity contribution in [3.8, 4) is 0 Å². The smallest absolute Gasteiger partial charge is 0.0894 e. The van der Waals surface area contributed by atoms with E-state index in [-0.39, 0.29) is 13.3 Å². The standard InChI is InChI=1S/C6H12FO/c7-5-3-1-2-4-6-8/h1-6H2. The van der Waals surface area contributed by atoms with E-state index >= 15 is 0 Å². The summed E-state index contributed by atoms with van der Waals surface area (Å²) in [4.78, 5) is 0. The van der Waals surface area contributed by atoms with Crippen molar-refractivity contribution in [1.29, 1.82) is 0 Å². The number of unbranched alkanes of at least 4 members (excludes halogenated alkanes) is 3. The van der Waals surface area contributed by atoms with Crippen molar-refractivity contribution in [1.82, 2.24) is 0 Å². The van der Waals surface area contributed by atoms with Crippen LogP contribution in [0.1, 0.15) is 25.7 Å². The fourth-order valence-electron chi connectivity index (χ4n) is 0.550. The molecule has 0 fully saturated rings. The fraction of sp³-hybridized carbons (Fsp3) is 1.00. The molecule has 0 aromatic heterocycles. The molecule has 0 aromatic carbocycles. The number of hydrogen-bond acceptors (Lipinski definition) is 0. The number of halogens is 1. The molecular weight excluding hydrogens is 107 g/mol. The summed E-state index contributed by atoms with van der Waals surface area (Å²) in [6.07, 6.45) is 3.10. The number of hydrogen-bond donors (Lipinski definition) is 0. The molecule has 0 saturated carbocycles. The van der Waals surface area contributed by atoms with Gasteiger partial charge in [-0.1, -0.05) is 12.8 Å². The monoisotopic (exact) mass is 119 g/mol. The molecule has 0 unspecified atom stereocenters. The minimum atomic E-state index is -0.237. The van der Waals surface area contributed by atoms with Gasteiger partial charge in [-0.2, -0.15) is 0 Å². The average molecular weight is 119 g/mol. The van der Waals surface area contributed by atoms with Crippen LogP contribution in [0.4, 0.5) is 4.39 Å². The molecule has 0 spiro atoms. The lowest BCUT2D eigenvalue weighted by Gasteiger charge is -1.91. The van der Waals surface area contributed by atoms with Gasteiger partial charge in [-0.05, 0) is 12.8 Å². The van der Waals surface area contributed by atoms with Crippen LogP contribution in [-0.4, -0.2) is 13.3 Å². The molecule has 0 aromatic rings. The topological polar surface area (TPSA) is 19.9 Å². The minimum Gasteiger partial charge on any atom is -0.251 e. The van der Waals surface area contributed by atoms with Crippen LogP contribution >= 0.6 is 0 Å². The molecule has 0 amide bonds. The van der Waals surface area contributed by atoms with Gasteiger partial charge in [0.1, 0.15) is 0 Å². The van der Waals surface area contributed by atoms with Crippen molar-refractivity contribution >= 4 is 0 Å². The van der Waals surface area contributed by atoms with E-state index < -0.39 is 0 Å². The highest BCUT2D eigenvalue weighted by Crippen LogP contribution is 1.98. The van der Waals surface area contributed by atoms with Crippen LogP contribution in [0, 0.1) is 0 Å². The maximum atomic E-state index is 11.3. The van der Waals surface area contributed by atoms with E-state index in [1.807, 2.05) is 0 Å². The van der Waals surface area contributed by atoms with Gasteiger partial charge in [0.05, 0.1) is 13.3 Å². The van der Waals surface area contributed by atoms with Gasteiger partial charge in [0.15, 0.2) is 0 Å². The maximum Gasteiger partial charge on any atom is 0.0894 e. The van der Waals surface area contributed by atoms with Crippen molar-refractivity contribution in [2.24, 2.45) is 0 Å². The van der Waals surface area contributed by atoms with Crippen LogP contribution < -0.4 is 0 Å². The summed E-state index contributed by atoms with van der Waals surface area (Å²) in [5.74, 6) is 0. The Balaban J connectivity index is 2.53. The van der Waals surface area contributed by atoms with Gasteiger partial charge in [-0.3, -0.25) is 4.39 Å². The minimum absolute atomic E-state index is 0.00765. The largest absolute Gasteiger partial charge is 0.251 e. The fourth-order valence-corrected chi connectivity index (χ4v) is 0.550. The highest BCUT2D eigenvalue weighted by atomic mass is 19.1. The third kappa shape index (κ3) is 5.89. The highest BCUT2D eigenvalue weighted by molar-refractivity contribution is 4.39. The van der Waals surface area contributed by atoms with Crippen molar-refractivity contribution in [3.63, 3.8) is 0 Å². The molecular formula is C6H12FO. The zero-order valence-corrected chi connectivity index (χ0v) is 5.03. The summed E-state index contributed by atoms with van der Waals surface area (Å²) in [5.41, 5.74) is 0. The first-order chi connectivity index (χ1) is 3.91. The van der Waals surface area contributed by atoms with Gasteiger partial charge in [0.25, 0.3) is 0 Å². The van der Waals surface area contributed by atoms with Gasteiger partial charge in [0.2, 0.25) is 0 Å². The van der Waals surface area contributed by atoms with Gasteiger partial charge >= 0.3 is 0 Å². The second kappa shape index (κ2) is 6.89. The lowest BCUT2D eigenvalue weighted by molar-refractivity contribution is 0.185. The molecule has 1 nitrogen and oxygen atoms in total. The predicted molar refractivity (Wildman–Crippen MR) is 30.0 cm³/mol. The molecule has 0 aliphatic rings. The van der Waals surface area contributed by atoms with E-state index in [0.29, 0.717) is 12.8 Å². The number of rotatable bonds is 5. The van der Waals surface area contributed by atoms with Crippen molar-refractivity contribution in [2.75, 3.05) is 13.3 Å². The van der Waals surface area contributed by atoms with Crippen LogP contribution in [0.5, 0.6) is 0 Å². The maximum absolute atomic E-state index is 11.3. The van der Waals surface area contributed by atoms with Crippen molar-refractivity contribution < 1.29 is 9.50 Å². The van der Waals surface area contributed by atoms with Crippen LogP contribution in [0.2, 0.25) is 0 Å². The predicted octanol–water partition coefficient (Wildman–Crippen LogP) is 1.95. The normalized spacial score (nSPS) is 9.75. The Morgan fingerprint density at radius 2 is 1.62 bits per heavy atom. The Morgan fingerprint density at radius 1 is 1.00 bits per heavy atom. The van der Waals surface area contributed by atoms with E-state index in [1.165, 1.54) is 0 Å². The summed E-state index contributed by atoms with van der Waals surface area (Å²) in [6.45, 7) is -0.245. The Bertz CT molecular complexity index is 33.5. The van der Waals surface area contributed by atoms with Gasteiger partial charge in [-0.15, -0.1) is 0 Å². The van der Waals surface area contributed by atoms with E-state index in [2.05, 4.69) is 0 Å². The first-order valence-corrected chi connectivity index (χ1v) is 3.06. The molecule has 0 saturated heterocycles. The van der Waals surface area contributed by atoms with Gasteiger partial charge in [0, 0.05) is 0 Å². The summed E-state index contributed by atoms with van der Waals surface area (Å²) in [6, 6.07) is 0. The molecule has 1 radical (unpaired) electrons. The van der Waals surface area contributed by atoms with E-state index in [0.717, 1.165) is 12.8 Å².